The fourth-order valence-corrected chi connectivity index (χ4v) is 0.725. The van der Waals surface area contributed by atoms with Crippen molar-refractivity contribution in [3.63, 3.8) is 0 Å². The summed E-state index contributed by atoms with van der Waals surface area (Å²) in [6.07, 6.45) is 2.17. The van der Waals surface area contributed by atoms with E-state index in [1.54, 1.807) is 6.08 Å². The molecule has 3 heteroatoms. The van der Waals surface area contributed by atoms with E-state index in [1.807, 2.05) is 0 Å². The first-order valence-corrected chi connectivity index (χ1v) is 2.93. The molecule has 52 valence electrons. The molecule has 1 heterocycles. The average Bonchev–Trinajstić information content (AvgIpc) is 1.90. The molecule has 0 aromatic carbocycles. The normalized spacial score (nSPS) is 27.7. The molecule has 0 fully saturated rings. The monoisotopic (exact) mass is 130 g/mol. The van der Waals surface area contributed by atoms with Gasteiger partial charge < -0.3 is 14.9 Å². The molecule has 1 aliphatic heterocycles. The number of aliphatic hydroxyl groups is 2. The van der Waals surface area contributed by atoms with Crippen LogP contribution in [0.5, 0.6) is 0 Å². The Morgan fingerprint density at radius 1 is 1.78 bits per heavy atom. The summed E-state index contributed by atoms with van der Waals surface area (Å²) in [6.45, 7) is 0.273. The van der Waals surface area contributed by atoms with Crippen LogP contribution in [0.1, 0.15) is 6.42 Å². The highest BCUT2D eigenvalue weighted by Crippen LogP contribution is 2.08. The maximum atomic E-state index is 8.78. The lowest BCUT2D eigenvalue weighted by molar-refractivity contribution is 0.00487. The van der Waals surface area contributed by atoms with Gasteiger partial charge in [0.25, 0.3) is 0 Å². The van der Waals surface area contributed by atoms with Gasteiger partial charge >= 0.3 is 0 Å². The lowest BCUT2D eigenvalue weighted by Gasteiger charge is -2.17. The Bertz CT molecular complexity index is 119. The molecule has 2 N–H and O–H groups in total. The van der Waals surface area contributed by atoms with Crippen molar-refractivity contribution >= 4 is 0 Å². The third kappa shape index (κ3) is 1.69. The van der Waals surface area contributed by atoms with Gasteiger partial charge in [-0.2, -0.15) is 0 Å². The standard InChI is InChI=1S/C6H10O3/c7-3-6-2-1-5(8)4-9-6/h1,6-8H,2-4H2. The molecule has 0 saturated carbocycles. The molecule has 9 heavy (non-hydrogen) atoms. The topological polar surface area (TPSA) is 49.7 Å². The van der Waals surface area contributed by atoms with Crippen molar-refractivity contribution < 1.29 is 14.9 Å². The van der Waals surface area contributed by atoms with E-state index in [-0.39, 0.29) is 25.1 Å². The number of aliphatic hydroxyl groups excluding tert-OH is 2. The highest BCUT2D eigenvalue weighted by Gasteiger charge is 2.11. The minimum absolute atomic E-state index is 0.0315. The summed E-state index contributed by atoms with van der Waals surface area (Å²) in [6, 6.07) is 0. The van der Waals surface area contributed by atoms with Crippen LogP contribution in [0, 0.1) is 0 Å². The van der Waals surface area contributed by atoms with Gasteiger partial charge in [-0.25, -0.2) is 0 Å². The molecule has 0 aromatic rings. The van der Waals surface area contributed by atoms with Crippen LogP contribution in [0.2, 0.25) is 0 Å². The minimum atomic E-state index is -0.110. The van der Waals surface area contributed by atoms with E-state index >= 15 is 0 Å². The molecule has 0 aliphatic carbocycles. The Hall–Kier alpha value is -0.540. The molecule has 0 spiro atoms. The van der Waals surface area contributed by atoms with Crippen LogP contribution in [-0.2, 0) is 4.74 Å². The third-order valence-electron chi connectivity index (χ3n) is 1.29. The molecular formula is C6H10O3. The van der Waals surface area contributed by atoms with E-state index < -0.39 is 0 Å². The fourth-order valence-electron chi connectivity index (χ4n) is 0.725. The molecule has 0 radical (unpaired) electrons. The smallest absolute Gasteiger partial charge is 0.114 e. The van der Waals surface area contributed by atoms with Crippen LogP contribution in [0.15, 0.2) is 11.8 Å². The van der Waals surface area contributed by atoms with Crippen molar-refractivity contribution in [1.29, 1.82) is 0 Å². The van der Waals surface area contributed by atoms with Gasteiger partial charge in [-0.3, -0.25) is 0 Å². The molecule has 1 atom stereocenters. The van der Waals surface area contributed by atoms with E-state index in [0.717, 1.165) is 0 Å². The largest absolute Gasteiger partial charge is 0.510 e. The molecule has 0 saturated heterocycles. The summed E-state index contributed by atoms with van der Waals surface area (Å²) in [5.41, 5.74) is 0. The van der Waals surface area contributed by atoms with Crippen LogP contribution in [0.4, 0.5) is 0 Å². The molecule has 1 aliphatic rings. The van der Waals surface area contributed by atoms with E-state index in [9.17, 15) is 0 Å². The van der Waals surface area contributed by atoms with E-state index in [0.29, 0.717) is 6.42 Å². The van der Waals surface area contributed by atoms with Crippen LogP contribution in [0.3, 0.4) is 0 Å². The maximum absolute atomic E-state index is 8.78. The summed E-state index contributed by atoms with van der Waals surface area (Å²) >= 11 is 0. The zero-order valence-corrected chi connectivity index (χ0v) is 5.08. The molecule has 3 nitrogen and oxygen atoms in total. The van der Waals surface area contributed by atoms with Gasteiger partial charge in [0.1, 0.15) is 12.4 Å². The molecule has 0 bridgehead atoms. The van der Waals surface area contributed by atoms with Crippen molar-refractivity contribution in [2.45, 2.75) is 12.5 Å². The lowest BCUT2D eigenvalue weighted by atomic mass is 10.2. The summed E-state index contributed by atoms with van der Waals surface area (Å²) in [5, 5.41) is 17.3. The highest BCUT2D eigenvalue weighted by atomic mass is 16.5. The summed E-state index contributed by atoms with van der Waals surface area (Å²) in [7, 11) is 0. The van der Waals surface area contributed by atoms with Crippen molar-refractivity contribution in [3.8, 4) is 0 Å². The predicted molar refractivity (Wildman–Crippen MR) is 32.2 cm³/mol. The van der Waals surface area contributed by atoms with Gasteiger partial charge in [0.2, 0.25) is 0 Å². The second kappa shape index (κ2) is 2.85. The molecule has 0 aromatic heterocycles. The molecular weight excluding hydrogens is 120 g/mol. The van der Waals surface area contributed by atoms with Crippen molar-refractivity contribution in [2.24, 2.45) is 0 Å². The Balaban J connectivity index is 2.36. The average molecular weight is 130 g/mol. The Morgan fingerprint density at radius 2 is 2.56 bits per heavy atom. The first-order chi connectivity index (χ1) is 4.33. The van der Waals surface area contributed by atoms with Crippen LogP contribution >= 0.6 is 0 Å². The Labute approximate surface area is 53.6 Å². The van der Waals surface area contributed by atoms with Gasteiger partial charge in [0, 0.05) is 0 Å². The van der Waals surface area contributed by atoms with Crippen molar-refractivity contribution in [3.05, 3.63) is 11.8 Å². The van der Waals surface area contributed by atoms with E-state index in [1.165, 1.54) is 0 Å². The Morgan fingerprint density at radius 3 is 3.00 bits per heavy atom. The second-order valence-corrected chi connectivity index (χ2v) is 2.05. The summed E-state index contributed by atoms with van der Waals surface area (Å²) in [4.78, 5) is 0. The Kier molecular flexibility index (Phi) is 2.08. The van der Waals surface area contributed by atoms with Gasteiger partial charge in [-0.15, -0.1) is 0 Å². The number of rotatable bonds is 1. The van der Waals surface area contributed by atoms with Crippen LogP contribution in [-0.4, -0.2) is 29.5 Å². The number of hydrogen-bond acceptors (Lipinski definition) is 3. The fraction of sp³-hybridized carbons (Fsp3) is 0.667. The van der Waals surface area contributed by atoms with Crippen LogP contribution < -0.4 is 0 Å². The van der Waals surface area contributed by atoms with E-state index in [4.69, 9.17) is 14.9 Å². The van der Waals surface area contributed by atoms with Crippen molar-refractivity contribution in [2.75, 3.05) is 13.2 Å². The highest BCUT2D eigenvalue weighted by molar-refractivity contribution is 4.96. The van der Waals surface area contributed by atoms with Crippen LogP contribution in [0.25, 0.3) is 0 Å². The van der Waals surface area contributed by atoms with Gasteiger partial charge in [-0.1, -0.05) is 0 Å². The second-order valence-electron chi connectivity index (χ2n) is 2.05. The van der Waals surface area contributed by atoms with E-state index in [2.05, 4.69) is 0 Å². The summed E-state index contributed by atoms with van der Waals surface area (Å²) in [5.74, 6) is 0.264. The third-order valence-corrected chi connectivity index (χ3v) is 1.29. The van der Waals surface area contributed by atoms with Gasteiger partial charge in [0.05, 0.1) is 12.7 Å². The number of ether oxygens (including phenoxy) is 1. The van der Waals surface area contributed by atoms with Gasteiger partial charge in [-0.05, 0) is 12.5 Å². The molecule has 0 amide bonds. The summed E-state index contributed by atoms with van der Waals surface area (Å²) < 4.78 is 4.97. The molecule has 1 unspecified atom stereocenters. The SMILES string of the molecule is OCC1CC=C(O)CO1. The van der Waals surface area contributed by atoms with Crippen molar-refractivity contribution in [1.82, 2.24) is 0 Å². The lowest BCUT2D eigenvalue weighted by Crippen LogP contribution is -2.21. The zero-order valence-electron chi connectivity index (χ0n) is 5.08. The number of hydrogen-bond donors (Lipinski definition) is 2. The molecule has 1 rings (SSSR count). The first-order valence-electron chi connectivity index (χ1n) is 2.93. The first kappa shape index (κ1) is 6.58. The predicted octanol–water partition coefficient (Wildman–Crippen LogP) is 0.209. The quantitative estimate of drug-likeness (QED) is 0.533. The van der Waals surface area contributed by atoms with Gasteiger partial charge in [0.15, 0.2) is 0 Å². The minimum Gasteiger partial charge on any atom is -0.510 e. The maximum Gasteiger partial charge on any atom is 0.114 e. The zero-order chi connectivity index (χ0) is 6.69.